The van der Waals surface area contributed by atoms with Crippen LogP contribution in [0, 0.1) is 11.8 Å². The second-order valence-corrected chi connectivity index (χ2v) is 16.8. The third-order valence-electron chi connectivity index (χ3n) is 10.5. The van der Waals surface area contributed by atoms with E-state index >= 15 is 0 Å². The molecule has 1 aromatic heterocycles. The fourth-order valence-corrected chi connectivity index (χ4v) is 7.53. The Labute approximate surface area is 337 Å². The first-order valence-electron chi connectivity index (χ1n) is 20.3. The van der Waals surface area contributed by atoms with Gasteiger partial charge in [0.1, 0.15) is 23.8 Å². The van der Waals surface area contributed by atoms with Gasteiger partial charge in [-0.3, -0.25) is 14.4 Å². The number of alkyl carbamates (subject to hydrolysis) is 1. The Morgan fingerprint density at radius 2 is 1.67 bits per heavy atom. The van der Waals surface area contributed by atoms with Crippen LogP contribution in [0.2, 0.25) is 0 Å². The van der Waals surface area contributed by atoms with E-state index in [2.05, 4.69) is 50.4 Å². The molecule has 3 aliphatic rings. The minimum atomic E-state index is -4.54. The summed E-state index contributed by atoms with van der Waals surface area (Å²) >= 11 is 0. The summed E-state index contributed by atoms with van der Waals surface area (Å²) in [4.78, 5) is 61.7. The van der Waals surface area contributed by atoms with E-state index < -0.39 is 29.5 Å². The largest absolute Gasteiger partial charge is 0.444 e. The Bertz CT molecular complexity index is 1720. The number of hydrogen-bond donors (Lipinski definition) is 5. The topological polar surface area (TPSA) is 185 Å². The predicted molar refractivity (Wildman–Crippen MR) is 210 cm³/mol. The van der Waals surface area contributed by atoms with Crippen molar-refractivity contribution in [2.45, 2.75) is 122 Å². The van der Waals surface area contributed by atoms with E-state index in [0.29, 0.717) is 76.4 Å². The molecule has 2 aliphatic carbocycles. The van der Waals surface area contributed by atoms with Crippen LogP contribution in [0.4, 0.5) is 23.8 Å². The molecule has 0 bridgehead atoms. The highest BCUT2D eigenvalue weighted by Gasteiger charge is 2.44. The first-order chi connectivity index (χ1) is 27.5. The van der Waals surface area contributed by atoms with Crippen molar-refractivity contribution in [2.24, 2.45) is 11.8 Å². The van der Waals surface area contributed by atoms with Gasteiger partial charge in [-0.1, -0.05) is 13.8 Å². The number of halogens is 3. The van der Waals surface area contributed by atoms with Crippen LogP contribution in [0.5, 0.6) is 0 Å². The van der Waals surface area contributed by atoms with Gasteiger partial charge in [-0.15, -0.1) is 0 Å². The lowest BCUT2D eigenvalue weighted by atomic mass is 9.78. The Morgan fingerprint density at radius 1 is 0.931 bits per heavy atom. The van der Waals surface area contributed by atoms with Gasteiger partial charge in [0.2, 0.25) is 17.7 Å². The molecule has 18 heteroatoms. The summed E-state index contributed by atoms with van der Waals surface area (Å²) in [5.41, 5.74) is -1.07. The molecule has 1 saturated heterocycles. The molecular formula is C40H59F3N8O7. The molecule has 2 heterocycles. The van der Waals surface area contributed by atoms with Crippen molar-refractivity contribution in [1.29, 1.82) is 0 Å². The molecule has 2 saturated carbocycles. The van der Waals surface area contributed by atoms with E-state index in [1.807, 2.05) is 0 Å². The second kappa shape index (κ2) is 20.1. The Balaban J connectivity index is 1.06. The Kier molecular flexibility index (Phi) is 15.5. The minimum Gasteiger partial charge on any atom is -0.444 e. The summed E-state index contributed by atoms with van der Waals surface area (Å²) in [5, 5.41) is 15.7. The van der Waals surface area contributed by atoms with Crippen molar-refractivity contribution in [3.8, 4) is 0 Å². The molecule has 0 radical (unpaired) electrons. The van der Waals surface area contributed by atoms with Crippen molar-refractivity contribution in [3.63, 3.8) is 0 Å². The molecule has 15 nitrogen and oxygen atoms in total. The maximum Gasteiger partial charge on any atom is 0.416 e. The van der Waals surface area contributed by atoms with E-state index in [1.54, 1.807) is 25.7 Å². The predicted octanol–water partition coefficient (Wildman–Crippen LogP) is 4.16. The number of benzene rings is 1. The molecule has 1 aromatic carbocycles. The maximum absolute atomic E-state index is 13.9. The summed E-state index contributed by atoms with van der Waals surface area (Å²) in [5.74, 6) is -0.129. The summed E-state index contributed by atoms with van der Waals surface area (Å²) in [7, 11) is 0. The monoisotopic (exact) mass is 820 g/mol. The number of ether oxygens (including phenoxy) is 3. The summed E-state index contributed by atoms with van der Waals surface area (Å²) in [6.07, 6.45) is -0.0444. The van der Waals surface area contributed by atoms with E-state index in [9.17, 15) is 32.3 Å². The molecule has 58 heavy (non-hydrogen) atoms. The molecule has 5 N–H and O–H groups in total. The third kappa shape index (κ3) is 13.1. The van der Waals surface area contributed by atoms with Crippen molar-refractivity contribution in [1.82, 2.24) is 36.1 Å². The maximum atomic E-state index is 13.9. The van der Waals surface area contributed by atoms with Crippen LogP contribution in [0.3, 0.4) is 0 Å². The summed E-state index contributed by atoms with van der Waals surface area (Å²) < 4.78 is 56.6. The number of likely N-dealkylation sites (tertiary alicyclic amines) is 1. The highest BCUT2D eigenvalue weighted by molar-refractivity contribution is 5.93. The summed E-state index contributed by atoms with van der Waals surface area (Å²) in [6.45, 7) is 12.3. The van der Waals surface area contributed by atoms with Gasteiger partial charge in [0.05, 0.1) is 49.6 Å². The van der Waals surface area contributed by atoms with Crippen LogP contribution in [-0.2, 0) is 34.8 Å². The fraction of sp³-hybridized carbons (Fsp3) is 0.700. The van der Waals surface area contributed by atoms with Gasteiger partial charge in [0, 0.05) is 42.9 Å². The van der Waals surface area contributed by atoms with Crippen molar-refractivity contribution >= 4 is 40.5 Å². The van der Waals surface area contributed by atoms with Crippen molar-refractivity contribution in [2.75, 3.05) is 51.4 Å². The first kappa shape index (κ1) is 44.8. The SMILES string of the molecule is CC(C)CN[C@@H]1CC[C@H](N2CC[C@H](Nc3ncnc4ccc(C(F)(F)F)cc34)C2=O)[C@H](NC(=O)C2CC(NC(=O)CCOCCOCCNC(=O)OC(C)(C)C)C2)C1. The zero-order valence-electron chi connectivity index (χ0n) is 34.1. The number of rotatable bonds is 18. The first-order valence-corrected chi connectivity index (χ1v) is 20.3. The zero-order valence-corrected chi connectivity index (χ0v) is 34.1. The lowest BCUT2D eigenvalue weighted by Crippen LogP contribution is -2.60. The molecule has 2 aromatic rings. The number of fused-ring (bicyclic) bond motifs is 1. The average Bonchev–Trinajstić information content (AvgIpc) is 3.48. The molecule has 3 fully saturated rings. The van der Waals surface area contributed by atoms with Gasteiger partial charge < -0.3 is 45.7 Å². The minimum absolute atomic E-state index is 0.108. The highest BCUT2D eigenvalue weighted by atomic mass is 19.4. The number of nitrogens with one attached hydrogen (secondary N) is 5. The molecule has 1 aliphatic heterocycles. The molecule has 4 atom stereocenters. The Hall–Kier alpha value is -4.29. The van der Waals surface area contributed by atoms with Crippen LogP contribution < -0.4 is 26.6 Å². The van der Waals surface area contributed by atoms with E-state index in [4.69, 9.17) is 14.2 Å². The van der Waals surface area contributed by atoms with Gasteiger partial charge in [0.25, 0.3) is 0 Å². The van der Waals surface area contributed by atoms with Gasteiger partial charge >= 0.3 is 12.3 Å². The standard InChI is InChI=1S/C40H59F3N8O7/c1-24(2)22-45-27-7-9-33(51-13-10-31(37(51)54)49-35-29-20-26(40(41,42)43)6-8-30(29)46-23-47-35)32(21-27)50-36(53)25-18-28(19-25)48-34(52)11-14-56-16-17-57-15-12-44-38(55)58-39(3,4)5/h6,8,20,23-25,27-28,31-33,45H,7,9-19,21-22H2,1-5H3,(H,44,55)(H,48,52)(H,50,53)(H,46,47,49)/t25?,27-,28?,31+,32-,33+/m1/s1. The average molecular weight is 821 g/mol. The lowest BCUT2D eigenvalue weighted by Gasteiger charge is -2.43. The highest BCUT2D eigenvalue weighted by Crippen LogP contribution is 2.34. The fourth-order valence-electron chi connectivity index (χ4n) is 7.53. The van der Waals surface area contributed by atoms with Crippen molar-refractivity contribution in [3.05, 3.63) is 30.1 Å². The number of carbonyl (C=O) groups is 4. The van der Waals surface area contributed by atoms with Gasteiger partial charge in [-0.05, 0) is 90.0 Å². The van der Waals surface area contributed by atoms with Crippen LogP contribution in [-0.4, -0.2) is 121 Å². The van der Waals surface area contributed by atoms with Crippen LogP contribution in [0.15, 0.2) is 24.5 Å². The number of anilines is 1. The number of amides is 4. The normalized spacial score (nSPS) is 23.7. The van der Waals surface area contributed by atoms with Crippen LogP contribution in [0.25, 0.3) is 10.9 Å². The molecule has 5 rings (SSSR count). The van der Waals surface area contributed by atoms with Crippen LogP contribution in [0.1, 0.15) is 85.1 Å². The lowest BCUT2D eigenvalue weighted by molar-refractivity contribution is -0.137. The number of hydrogen-bond acceptors (Lipinski definition) is 11. The number of carbonyl (C=O) groups excluding carboxylic acids is 4. The van der Waals surface area contributed by atoms with Crippen molar-refractivity contribution < 1.29 is 46.6 Å². The third-order valence-corrected chi connectivity index (χ3v) is 10.5. The van der Waals surface area contributed by atoms with Crippen LogP contribution >= 0.6 is 0 Å². The Morgan fingerprint density at radius 3 is 2.38 bits per heavy atom. The van der Waals surface area contributed by atoms with Gasteiger partial charge in [0.15, 0.2) is 0 Å². The van der Waals surface area contributed by atoms with Gasteiger partial charge in [-0.2, -0.15) is 13.2 Å². The number of alkyl halides is 3. The number of nitrogens with zero attached hydrogens (tertiary/aromatic N) is 3. The molecule has 0 unspecified atom stereocenters. The van der Waals surface area contributed by atoms with E-state index in [-0.39, 0.29) is 72.0 Å². The second-order valence-electron chi connectivity index (χ2n) is 16.8. The summed E-state index contributed by atoms with van der Waals surface area (Å²) in [6, 6.07) is 2.04. The molecular weight excluding hydrogens is 761 g/mol. The zero-order chi connectivity index (χ0) is 42.0. The molecule has 0 spiro atoms. The smallest absolute Gasteiger partial charge is 0.416 e. The van der Waals surface area contributed by atoms with E-state index in [1.165, 1.54) is 12.4 Å². The molecule has 4 amide bonds. The number of aromatic nitrogens is 2. The van der Waals surface area contributed by atoms with E-state index in [0.717, 1.165) is 25.1 Å². The quantitative estimate of drug-likeness (QED) is 0.136. The van der Waals surface area contributed by atoms with Gasteiger partial charge in [-0.25, -0.2) is 14.8 Å². The molecule has 322 valence electrons.